The van der Waals surface area contributed by atoms with Crippen LogP contribution in [0, 0.1) is 0 Å². The molecule has 0 aliphatic carbocycles. The third-order valence-electron chi connectivity index (χ3n) is 2.88. The molecule has 1 unspecified atom stereocenters. The van der Waals surface area contributed by atoms with Gasteiger partial charge in [0.2, 0.25) is 0 Å². The van der Waals surface area contributed by atoms with Gasteiger partial charge >= 0.3 is 0 Å². The first kappa shape index (κ1) is 13.4. The van der Waals surface area contributed by atoms with Gasteiger partial charge in [-0.25, -0.2) is 8.78 Å². The van der Waals surface area contributed by atoms with Gasteiger partial charge in [0.25, 0.3) is 5.92 Å². The van der Waals surface area contributed by atoms with Crippen molar-refractivity contribution < 1.29 is 8.78 Å². The lowest BCUT2D eigenvalue weighted by molar-refractivity contribution is -0.0306. The van der Waals surface area contributed by atoms with Crippen LogP contribution in [0.3, 0.4) is 0 Å². The Balaban J connectivity index is 0.00000128. The molecule has 1 aromatic heterocycles. The summed E-state index contributed by atoms with van der Waals surface area (Å²) in [5, 5.41) is 6.95. The Bertz CT molecular complexity index is 341. The second-order valence-electron chi connectivity index (χ2n) is 4.05. The van der Waals surface area contributed by atoms with Crippen molar-refractivity contribution in [3.63, 3.8) is 0 Å². The molecule has 1 aliphatic heterocycles. The molecule has 16 heavy (non-hydrogen) atoms. The van der Waals surface area contributed by atoms with Crippen LogP contribution in [0.4, 0.5) is 8.78 Å². The Hall–Kier alpha value is -0.680. The molecule has 0 amide bonds. The van der Waals surface area contributed by atoms with E-state index in [9.17, 15) is 8.78 Å². The SMILES string of the molecule is Cl.Cn1cc(C2CCNCCC2(F)F)cn1. The Morgan fingerprint density at radius 2 is 2.25 bits per heavy atom. The van der Waals surface area contributed by atoms with E-state index in [1.165, 1.54) is 0 Å². The largest absolute Gasteiger partial charge is 0.316 e. The predicted molar refractivity (Wildman–Crippen MR) is 60.2 cm³/mol. The molecule has 0 radical (unpaired) electrons. The van der Waals surface area contributed by atoms with Gasteiger partial charge in [0.1, 0.15) is 0 Å². The van der Waals surface area contributed by atoms with Crippen LogP contribution in [0.5, 0.6) is 0 Å². The number of hydrogen-bond donors (Lipinski definition) is 1. The van der Waals surface area contributed by atoms with Crippen molar-refractivity contribution in [1.82, 2.24) is 15.1 Å². The summed E-state index contributed by atoms with van der Waals surface area (Å²) in [6.07, 6.45) is 3.61. The number of nitrogens with one attached hydrogen (secondary N) is 1. The third kappa shape index (κ3) is 2.71. The van der Waals surface area contributed by atoms with Crippen LogP contribution in [-0.4, -0.2) is 28.8 Å². The Kier molecular flexibility index (Phi) is 4.27. The number of nitrogens with zero attached hydrogens (tertiary/aromatic N) is 2. The Morgan fingerprint density at radius 1 is 1.50 bits per heavy atom. The van der Waals surface area contributed by atoms with Gasteiger partial charge in [-0.1, -0.05) is 0 Å². The van der Waals surface area contributed by atoms with Crippen LogP contribution >= 0.6 is 12.4 Å². The summed E-state index contributed by atoms with van der Waals surface area (Å²) < 4.78 is 29.1. The molecule has 0 spiro atoms. The maximum atomic E-state index is 13.7. The molecule has 2 heterocycles. The molecule has 6 heteroatoms. The van der Waals surface area contributed by atoms with Crippen molar-refractivity contribution in [1.29, 1.82) is 0 Å². The summed E-state index contributed by atoms with van der Waals surface area (Å²) in [5.41, 5.74) is 0.645. The van der Waals surface area contributed by atoms with Crippen LogP contribution < -0.4 is 5.32 Å². The molecule has 1 saturated heterocycles. The molecule has 92 valence electrons. The Morgan fingerprint density at radius 3 is 2.88 bits per heavy atom. The number of rotatable bonds is 1. The fourth-order valence-corrected chi connectivity index (χ4v) is 2.04. The van der Waals surface area contributed by atoms with Gasteiger partial charge in [0.15, 0.2) is 0 Å². The van der Waals surface area contributed by atoms with Gasteiger partial charge in [-0.05, 0) is 18.5 Å². The zero-order valence-electron chi connectivity index (χ0n) is 9.12. The van der Waals surface area contributed by atoms with E-state index in [1.54, 1.807) is 24.1 Å². The molecule has 0 bridgehead atoms. The van der Waals surface area contributed by atoms with E-state index < -0.39 is 11.8 Å². The Labute approximate surface area is 99.6 Å². The van der Waals surface area contributed by atoms with E-state index in [-0.39, 0.29) is 18.8 Å². The lowest BCUT2D eigenvalue weighted by atomic mass is 9.91. The molecule has 1 N–H and O–H groups in total. The fourth-order valence-electron chi connectivity index (χ4n) is 2.04. The molecule has 1 fully saturated rings. The van der Waals surface area contributed by atoms with Gasteiger partial charge in [0, 0.05) is 26.2 Å². The van der Waals surface area contributed by atoms with E-state index in [0.717, 1.165) is 0 Å². The highest BCUT2D eigenvalue weighted by molar-refractivity contribution is 5.85. The van der Waals surface area contributed by atoms with Crippen molar-refractivity contribution in [2.24, 2.45) is 7.05 Å². The van der Waals surface area contributed by atoms with Gasteiger partial charge in [0.05, 0.1) is 12.1 Å². The highest BCUT2D eigenvalue weighted by Crippen LogP contribution is 2.39. The molecule has 3 nitrogen and oxygen atoms in total. The minimum Gasteiger partial charge on any atom is -0.316 e. The third-order valence-corrected chi connectivity index (χ3v) is 2.88. The second kappa shape index (κ2) is 5.10. The smallest absolute Gasteiger partial charge is 0.256 e. The lowest BCUT2D eigenvalue weighted by Crippen LogP contribution is -2.26. The number of halogens is 3. The van der Waals surface area contributed by atoms with Crippen LogP contribution in [0.25, 0.3) is 0 Å². The standard InChI is InChI=1S/C10H15F2N3.ClH/c1-15-7-8(6-14-15)9-2-4-13-5-3-10(9,11)12;/h6-7,9,13H,2-5H2,1H3;1H. The molecular weight excluding hydrogens is 236 g/mol. The van der Waals surface area contributed by atoms with Crippen LogP contribution in [0.15, 0.2) is 12.4 Å². The fraction of sp³-hybridized carbons (Fsp3) is 0.700. The van der Waals surface area contributed by atoms with E-state index >= 15 is 0 Å². The van der Waals surface area contributed by atoms with Crippen molar-refractivity contribution >= 4 is 12.4 Å². The molecule has 0 aromatic carbocycles. The summed E-state index contributed by atoms with van der Waals surface area (Å²) in [6.45, 7) is 1.04. The van der Waals surface area contributed by atoms with E-state index in [1.807, 2.05) is 0 Å². The summed E-state index contributed by atoms with van der Waals surface area (Å²) in [6, 6.07) is 0. The number of aromatic nitrogens is 2. The van der Waals surface area contributed by atoms with Crippen molar-refractivity contribution in [3.05, 3.63) is 18.0 Å². The van der Waals surface area contributed by atoms with Crippen molar-refractivity contribution in [2.75, 3.05) is 13.1 Å². The average molecular weight is 252 g/mol. The average Bonchev–Trinajstić information content (AvgIpc) is 2.49. The van der Waals surface area contributed by atoms with Crippen LogP contribution in [-0.2, 0) is 7.05 Å². The maximum absolute atomic E-state index is 13.7. The number of aryl methyl sites for hydroxylation is 1. The highest BCUT2D eigenvalue weighted by atomic mass is 35.5. The predicted octanol–water partition coefficient (Wildman–Crippen LogP) is 1.94. The van der Waals surface area contributed by atoms with Crippen LogP contribution in [0.2, 0.25) is 0 Å². The summed E-state index contributed by atoms with van der Waals surface area (Å²) in [4.78, 5) is 0. The van der Waals surface area contributed by atoms with Gasteiger partial charge < -0.3 is 5.32 Å². The van der Waals surface area contributed by atoms with Gasteiger partial charge in [-0.3, -0.25) is 4.68 Å². The molecule has 2 rings (SSSR count). The molecule has 1 aromatic rings. The first-order valence-corrected chi connectivity index (χ1v) is 5.17. The number of alkyl halides is 2. The normalized spacial score (nSPS) is 24.6. The first-order valence-electron chi connectivity index (χ1n) is 5.17. The number of hydrogen-bond acceptors (Lipinski definition) is 2. The van der Waals surface area contributed by atoms with Crippen LogP contribution in [0.1, 0.15) is 24.3 Å². The quantitative estimate of drug-likeness (QED) is 0.827. The monoisotopic (exact) mass is 251 g/mol. The molecular formula is C10H16ClF2N3. The zero-order chi connectivity index (χ0) is 10.9. The van der Waals surface area contributed by atoms with Gasteiger partial charge in [-0.2, -0.15) is 5.10 Å². The highest BCUT2D eigenvalue weighted by Gasteiger charge is 2.41. The summed E-state index contributed by atoms with van der Waals surface area (Å²) in [5.74, 6) is -3.31. The lowest BCUT2D eigenvalue weighted by Gasteiger charge is -2.23. The molecule has 1 atom stereocenters. The van der Waals surface area contributed by atoms with E-state index in [0.29, 0.717) is 25.1 Å². The first-order chi connectivity index (χ1) is 7.09. The maximum Gasteiger partial charge on any atom is 0.256 e. The van der Waals surface area contributed by atoms with E-state index in [2.05, 4.69) is 10.4 Å². The van der Waals surface area contributed by atoms with Crippen molar-refractivity contribution in [3.8, 4) is 0 Å². The second-order valence-corrected chi connectivity index (χ2v) is 4.05. The minimum absolute atomic E-state index is 0. The van der Waals surface area contributed by atoms with Gasteiger partial charge in [-0.15, -0.1) is 12.4 Å². The van der Waals surface area contributed by atoms with E-state index in [4.69, 9.17) is 0 Å². The summed E-state index contributed by atoms with van der Waals surface area (Å²) in [7, 11) is 1.75. The van der Waals surface area contributed by atoms with Crippen molar-refractivity contribution in [2.45, 2.75) is 24.7 Å². The molecule has 1 aliphatic rings. The summed E-state index contributed by atoms with van der Waals surface area (Å²) >= 11 is 0. The molecule has 0 saturated carbocycles. The minimum atomic E-state index is -2.62. The topological polar surface area (TPSA) is 29.9 Å². The zero-order valence-corrected chi connectivity index (χ0v) is 9.94.